The number of carbonyl (C=O) groups is 1. The second-order valence-corrected chi connectivity index (χ2v) is 5.96. The van der Waals surface area contributed by atoms with Gasteiger partial charge < -0.3 is 18.6 Å². The molecule has 6 nitrogen and oxygen atoms in total. The van der Waals surface area contributed by atoms with Crippen LogP contribution in [0.2, 0.25) is 0 Å². The van der Waals surface area contributed by atoms with Gasteiger partial charge >= 0.3 is 11.6 Å². The molecule has 0 radical (unpaired) electrons. The molecule has 2 rings (SSSR count). The van der Waals surface area contributed by atoms with Crippen LogP contribution in [0.5, 0.6) is 17.2 Å². The fourth-order valence-corrected chi connectivity index (χ4v) is 2.37. The zero-order valence-corrected chi connectivity index (χ0v) is 15.5. The van der Waals surface area contributed by atoms with Gasteiger partial charge in [0.1, 0.15) is 0 Å². The number of esters is 1. The van der Waals surface area contributed by atoms with Crippen molar-refractivity contribution in [2.24, 2.45) is 0 Å². The standard InChI is InChI=1S/C20H24O6/c1-5-6-7-8-12-23-16-11-9-10-15-17(16)26-20(22)19(25-14(4)21)18(15)24-13(2)3/h6-7,9-11,13H,5,8,12H2,1-4H3. The molecule has 0 bridgehead atoms. The Morgan fingerprint density at radius 1 is 1.23 bits per heavy atom. The summed E-state index contributed by atoms with van der Waals surface area (Å²) in [6.45, 7) is 7.36. The van der Waals surface area contributed by atoms with E-state index < -0.39 is 11.6 Å². The Morgan fingerprint density at radius 2 is 2.00 bits per heavy atom. The maximum absolute atomic E-state index is 12.3. The van der Waals surface area contributed by atoms with Crippen LogP contribution in [0.25, 0.3) is 11.0 Å². The third-order valence-electron chi connectivity index (χ3n) is 3.35. The average molecular weight is 360 g/mol. The maximum Gasteiger partial charge on any atom is 0.383 e. The van der Waals surface area contributed by atoms with Gasteiger partial charge in [-0.05, 0) is 38.8 Å². The molecule has 2 aromatic rings. The number of benzene rings is 1. The third kappa shape index (κ3) is 4.88. The zero-order valence-electron chi connectivity index (χ0n) is 15.5. The third-order valence-corrected chi connectivity index (χ3v) is 3.35. The van der Waals surface area contributed by atoms with Crippen LogP contribution in [-0.4, -0.2) is 18.7 Å². The van der Waals surface area contributed by atoms with Crippen molar-refractivity contribution in [2.45, 2.75) is 46.6 Å². The van der Waals surface area contributed by atoms with Gasteiger partial charge in [0.25, 0.3) is 5.75 Å². The molecule has 0 aliphatic heterocycles. The normalized spacial score (nSPS) is 11.3. The Kier molecular flexibility index (Phi) is 6.83. The van der Waals surface area contributed by atoms with Gasteiger partial charge in [0.2, 0.25) is 0 Å². The molecule has 1 heterocycles. The predicted octanol–water partition coefficient (Wildman–Crippen LogP) is 4.24. The molecule has 0 fully saturated rings. The van der Waals surface area contributed by atoms with E-state index in [9.17, 15) is 9.59 Å². The molecule has 140 valence electrons. The van der Waals surface area contributed by atoms with Crippen LogP contribution in [-0.2, 0) is 4.79 Å². The molecular weight excluding hydrogens is 336 g/mol. The maximum atomic E-state index is 12.3. The highest BCUT2D eigenvalue weighted by molar-refractivity contribution is 5.90. The Bertz CT molecular complexity index is 847. The topological polar surface area (TPSA) is 75.0 Å². The van der Waals surface area contributed by atoms with Gasteiger partial charge in [0, 0.05) is 6.92 Å². The molecular formula is C20H24O6. The molecule has 1 aromatic carbocycles. The Morgan fingerprint density at radius 3 is 2.65 bits per heavy atom. The molecule has 0 unspecified atom stereocenters. The van der Waals surface area contributed by atoms with E-state index in [4.69, 9.17) is 18.6 Å². The number of para-hydroxylation sites is 1. The van der Waals surface area contributed by atoms with Crippen molar-refractivity contribution in [3.8, 4) is 17.2 Å². The van der Waals surface area contributed by atoms with Crippen LogP contribution in [0.15, 0.2) is 39.6 Å². The molecule has 1 aromatic heterocycles. The van der Waals surface area contributed by atoms with Gasteiger partial charge in [-0.1, -0.05) is 25.1 Å². The van der Waals surface area contributed by atoms with E-state index in [0.717, 1.165) is 12.8 Å². The van der Waals surface area contributed by atoms with E-state index in [1.807, 2.05) is 19.9 Å². The van der Waals surface area contributed by atoms with E-state index in [-0.39, 0.29) is 23.2 Å². The average Bonchev–Trinajstić information content (AvgIpc) is 2.57. The first-order valence-corrected chi connectivity index (χ1v) is 8.66. The zero-order chi connectivity index (χ0) is 19.1. The molecule has 0 amide bonds. The minimum Gasteiger partial charge on any atom is -0.489 e. The smallest absolute Gasteiger partial charge is 0.383 e. The van der Waals surface area contributed by atoms with Crippen LogP contribution in [0.3, 0.4) is 0 Å². The highest BCUT2D eigenvalue weighted by atomic mass is 16.6. The number of ether oxygens (including phenoxy) is 3. The number of fused-ring (bicyclic) bond motifs is 1. The summed E-state index contributed by atoms with van der Waals surface area (Å²) in [6.07, 6.45) is 5.59. The number of hydrogen-bond acceptors (Lipinski definition) is 6. The summed E-state index contributed by atoms with van der Waals surface area (Å²) < 4.78 is 21.9. The van der Waals surface area contributed by atoms with Crippen molar-refractivity contribution in [1.29, 1.82) is 0 Å². The first-order chi connectivity index (χ1) is 12.4. The van der Waals surface area contributed by atoms with Crippen LogP contribution >= 0.6 is 0 Å². The van der Waals surface area contributed by atoms with Gasteiger partial charge in [0.15, 0.2) is 17.1 Å². The number of allylic oxidation sites excluding steroid dienone is 1. The Labute approximate surface area is 152 Å². The second kappa shape index (κ2) is 9.08. The largest absolute Gasteiger partial charge is 0.489 e. The van der Waals surface area contributed by atoms with Gasteiger partial charge in [-0.2, -0.15) is 0 Å². The van der Waals surface area contributed by atoms with Crippen molar-refractivity contribution in [1.82, 2.24) is 0 Å². The first-order valence-electron chi connectivity index (χ1n) is 8.66. The van der Waals surface area contributed by atoms with Crippen molar-refractivity contribution >= 4 is 16.9 Å². The molecule has 26 heavy (non-hydrogen) atoms. The first kappa shape index (κ1) is 19.6. The highest BCUT2D eigenvalue weighted by Gasteiger charge is 2.22. The van der Waals surface area contributed by atoms with Crippen LogP contribution in [0.1, 0.15) is 40.5 Å². The van der Waals surface area contributed by atoms with Crippen LogP contribution in [0, 0.1) is 0 Å². The molecule has 6 heteroatoms. The van der Waals surface area contributed by atoms with E-state index in [2.05, 4.69) is 13.0 Å². The number of hydrogen-bond donors (Lipinski definition) is 0. The van der Waals surface area contributed by atoms with Crippen LogP contribution in [0.4, 0.5) is 0 Å². The number of carbonyl (C=O) groups excluding carboxylic acids is 1. The van der Waals surface area contributed by atoms with Crippen LogP contribution < -0.4 is 19.8 Å². The number of rotatable bonds is 8. The van der Waals surface area contributed by atoms with Gasteiger partial charge in [0.05, 0.1) is 18.1 Å². The minimum absolute atomic E-state index is 0.178. The summed E-state index contributed by atoms with van der Waals surface area (Å²) in [5.41, 5.74) is -0.520. The summed E-state index contributed by atoms with van der Waals surface area (Å²) in [4.78, 5) is 23.7. The lowest BCUT2D eigenvalue weighted by Gasteiger charge is -2.16. The second-order valence-electron chi connectivity index (χ2n) is 5.96. The fourth-order valence-electron chi connectivity index (χ4n) is 2.37. The van der Waals surface area contributed by atoms with Crippen molar-refractivity contribution < 1.29 is 23.4 Å². The summed E-state index contributed by atoms with van der Waals surface area (Å²) in [7, 11) is 0. The molecule has 0 N–H and O–H groups in total. The summed E-state index contributed by atoms with van der Waals surface area (Å²) in [5, 5.41) is 0.510. The van der Waals surface area contributed by atoms with E-state index in [0.29, 0.717) is 17.7 Å². The summed E-state index contributed by atoms with van der Waals surface area (Å²) in [6, 6.07) is 5.22. The lowest BCUT2D eigenvalue weighted by Crippen LogP contribution is -2.16. The van der Waals surface area contributed by atoms with Crippen molar-refractivity contribution in [2.75, 3.05) is 6.61 Å². The quantitative estimate of drug-likeness (QED) is 0.303. The molecule has 0 aliphatic carbocycles. The van der Waals surface area contributed by atoms with E-state index in [1.165, 1.54) is 6.92 Å². The fraction of sp³-hybridized carbons (Fsp3) is 0.400. The SMILES string of the molecule is CCC=CCCOc1cccc2c(OC(C)C)c(OC(C)=O)c(=O)oc12. The monoisotopic (exact) mass is 360 g/mol. The van der Waals surface area contributed by atoms with Crippen molar-refractivity contribution in [3.63, 3.8) is 0 Å². The van der Waals surface area contributed by atoms with Gasteiger partial charge in [-0.25, -0.2) is 4.79 Å². The minimum atomic E-state index is -0.787. The summed E-state index contributed by atoms with van der Waals surface area (Å²) >= 11 is 0. The Hall–Kier alpha value is -2.76. The van der Waals surface area contributed by atoms with Gasteiger partial charge in [-0.3, -0.25) is 4.79 Å². The summed E-state index contributed by atoms with van der Waals surface area (Å²) in [5.74, 6) is -0.257. The molecule has 0 spiro atoms. The highest BCUT2D eigenvalue weighted by Crippen LogP contribution is 2.37. The molecule has 0 saturated heterocycles. The van der Waals surface area contributed by atoms with E-state index in [1.54, 1.807) is 18.2 Å². The Balaban J connectivity index is 2.48. The molecule has 0 atom stereocenters. The lowest BCUT2D eigenvalue weighted by molar-refractivity contribution is -0.132. The van der Waals surface area contributed by atoms with Gasteiger partial charge in [-0.15, -0.1) is 0 Å². The molecule has 0 aliphatic rings. The van der Waals surface area contributed by atoms with Crippen molar-refractivity contribution in [3.05, 3.63) is 40.8 Å². The molecule has 0 saturated carbocycles. The lowest BCUT2D eigenvalue weighted by atomic mass is 10.2. The van der Waals surface area contributed by atoms with E-state index >= 15 is 0 Å². The predicted molar refractivity (Wildman–Crippen MR) is 99.1 cm³/mol.